The van der Waals surface area contributed by atoms with Crippen LogP contribution in [0.3, 0.4) is 0 Å². The van der Waals surface area contributed by atoms with E-state index in [9.17, 15) is 4.79 Å². The summed E-state index contributed by atoms with van der Waals surface area (Å²) in [6, 6.07) is 18.1. The predicted molar refractivity (Wildman–Crippen MR) is 93.0 cm³/mol. The van der Waals surface area contributed by atoms with Gasteiger partial charge < -0.3 is 0 Å². The highest BCUT2D eigenvalue weighted by molar-refractivity contribution is 6.30. The number of carbonyl (C=O) groups is 1. The first-order chi connectivity index (χ1) is 11.7. The molecule has 0 atom stereocenters. The van der Waals surface area contributed by atoms with Gasteiger partial charge in [0, 0.05) is 23.0 Å². The van der Waals surface area contributed by atoms with Crippen molar-refractivity contribution in [2.45, 2.75) is 0 Å². The van der Waals surface area contributed by atoms with Gasteiger partial charge in [-0.3, -0.25) is 14.8 Å². The lowest BCUT2D eigenvalue weighted by Gasteiger charge is -2.07. The molecule has 0 bridgehead atoms. The fourth-order valence-electron chi connectivity index (χ4n) is 2.06. The van der Waals surface area contributed by atoms with Crippen molar-refractivity contribution in [1.29, 1.82) is 0 Å². The number of nitrogens with zero attached hydrogens (tertiary/aromatic N) is 3. The Morgan fingerprint density at radius 3 is 2.38 bits per heavy atom. The first-order valence-corrected chi connectivity index (χ1v) is 7.58. The van der Waals surface area contributed by atoms with Gasteiger partial charge in [0.15, 0.2) is 0 Å². The lowest BCUT2D eigenvalue weighted by molar-refractivity contribution is 0.0950. The zero-order chi connectivity index (χ0) is 16.8. The summed E-state index contributed by atoms with van der Waals surface area (Å²) < 4.78 is 0. The molecule has 24 heavy (non-hydrogen) atoms. The molecule has 1 amide bonds. The van der Waals surface area contributed by atoms with Crippen molar-refractivity contribution in [3.63, 3.8) is 0 Å². The summed E-state index contributed by atoms with van der Waals surface area (Å²) in [5, 5.41) is 4.68. The standard InChI is InChI=1S/C18H13ClN4O/c19-14-9-11-21-16(12-14)18(24)23-22-17(13-6-2-1-3-7-13)15-8-4-5-10-20-15/h1-12H,(H,23,24)/b22-17-. The van der Waals surface area contributed by atoms with E-state index in [4.69, 9.17) is 11.6 Å². The summed E-state index contributed by atoms with van der Waals surface area (Å²) in [5.74, 6) is -0.443. The number of pyridine rings is 2. The number of amides is 1. The van der Waals surface area contributed by atoms with E-state index in [2.05, 4.69) is 20.5 Å². The van der Waals surface area contributed by atoms with Crippen LogP contribution in [-0.4, -0.2) is 21.6 Å². The molecule has 2 heterocycles. The number of hydrogen-bond acceptors (Lipinski definition) is 4. The Bertz CT molecular complexity index is 825. The maximum absolute atomic E-state index is 12.2. The van der Waals surface area contributed by atoms with Crippen molar-refractivity contribution in [2.24, 2.45) is 5.10 Å². The third-order valence-corrected chi connectivity index (χ3v) is 3.41. The van der Waals surface area contributed by atoms with E-state index in [0.29, 0.717) is 16.4 Å². The van der Waals surface area contributed by atoms with Crippen LogP contribution < -0.4 is 5.43 Å². The first kappa shape index (κ1) is 15.8. The van der Waals surface area contributed by atoms with Gasteiger partial charge in [0.1, 0.15) is 11.4 Å². The lowest BCUT2D eigenvalue weighted by Crippen LogP contribution is -2.22. The van der Waals surface area contributed by atoms with Crippen LogP contribution in [0.25, 0.3) is 0 Å². The molecular weight excluding hydrogens is 324 g/mol. The van der Waals surface area contributed by atoms with Crippen molar-refractivity contribution in [1.82, 2.24) is 15.4 Å². The van der Waals surface area contributed by atoms with Crippen LogP contribution in [0.4, 0.5) is 0 Å². The Labute approximate surface area is 144 Å². The van der Waals surface area contributed by atoms with Crippen LogP contribution >= 0.6 is 11.6 Å². The molecule has 0 saturated carbocycles. The second-order valence-electron chi connectivity index (χ2n) is 4.84. The molecule has 0 aliphatic carbocycles. The summed E-state index contributed by atoms with van der Waals surface area (Å²) >= 11 is 5.88. The van der Waals surface area contributed by atoms with Gasteiger partial charge in [0.25, 0.3) is 5.91 Å². The second kappa shape index (κ2) is 7.48. The number of hydrazone groups is 1. The summed E-state index contributed by atoms with van der Waals surface area (Å²) in [5.41, 5.74) is 4.77. The van der Waals surface area contributed by atoms with Gasteiger partial charge >= 0.3 is 0 Å². The Balaban J connectivity index is 1.91. The molecule has 118 valence electrons. The molecular formula is C18H13ClN4O. The highest BCUT2D eigenvalue weighted by Gasteiger charge is 2.11. The summed E-state index contributed by atoms with van der Waals surface area (Å²) in [4.78, 5) is 20.5. The van der Waals surface area contributed by atoms with Gasteiger partial charge in [-0.05, 0) is 24.3 Å². The van der Waals surface area contributed by atoms with E-state index in [-0.39, 0.29) is 5.69 Å². The molecule has 5 nitrogen and oxygen atoms in total. The van der Waals surface area contributed by atoms with Crippen LogP contribution in [0.15, 0.2) is 78.2 Å². The average molecular weight is 337 g/mol. The van der Waals surface area contributed by atoms with Gasteiger partial charge in [0.05, 0.1) is 5.69 Å². The van der Waals surface area contributed by atoms with Gasteiger partial charge in [-0.25, -0.2) is 5.43 Å². The van der Waals surface area contributed by atoms with Crippen LogP contribution in [0.1, 0.15) is 21.7 Å². The molecule has 1 N–H and O–H groups in total. The number of halogens is 1. The molecule has 0 aliphatic heterocycles. The molecule has 0 aliphatic rings. The minimum absolute atomic E-state index is 0.194. The molecule has 1 aromatic carbocycles. The molecule has 6 heteroatoms. The first-order valence-electron chi connectivity index (χ1n) is 7.20. The predicted octanol–water partition coefficient (Wildman–Crippen LogP) is 3.31. The Morgan fingerprint density at radius 2 is 1.67 bits per heavy atom. The van der Waals surface area contributed by atoms with E-state index in [1.165, 1.54) is 12.3 Å². The summed E-state index contributed by atoms with van der Waals surface area (Å²) in [7, 11) is 0. The van der Waals surface area contributed by atoms with E-state index in [1.54, 1.807) is 12.3 Å². The molecule has 0 spiro atoms. The molecule has 0 unspecified atom stereocenters. The van der Waals surface area contributed by atoms with Crippen molar-refractivity contribution < 1.29 is 4.79 Å². The van der Waals surface area contributed by atoms with Crippen molar-refractivity contribution in [3.8, 4) is 0 Å². The number of nitrogens with one attached hydrogen (secondary N) is 1. The van der Waals surface area contributed by atoms with E-state index >= 15 is 0 Å². The molecule has 3 aromatic rings. The maximum Gasteiger partial charge on any atom is 0.290 e. The third kappa shape index (κ3) is 3.83. The fourth-order valence-corrected chi connectivity index (χ4v) is 2.22. The third-order valence-electron chi connectivity index (χ3n) is 3.18. The number of aromatic nitrogens is 2. The highest BCUT2D eigenvalue weighted by Crippen LogP contribution is 2.10. The lowest BCUT2D eigenvalue weighted by atomic mass is 10.1. The molecule has 0 fully saturated rings. The minimum Gasteiger partial charge on any atom is -0.266 e. The fraction of sp³-hybridized carbons (Fsp3) is 0. The van der Waals surface area contributed by atoms with Gasteiger partial charge in [-0.15, -0.1) is 0 Å². The summed E-state index contributed by atoms with van der Waals surface area (Å²) in [6.07, 6.45) is 3.14. The number of carbonyl (C=O) groups excluding carboxylic acids is 1. The Hall–Kier alpha value is -3.05. The number of benzene rings is 1. The normalized spacial score (nSPS) is 11.1. The van der Waals surface area contributed by atoms with Crippen LogP contribution in [0, 0.1) is 0 Å². The van der Waals surface area contributed by atoms with Crippen LogP contribution in [0.2, 0.25) is 5.02 Å². The molecule has 3 rings (SSSR count). The molecule has 0 radical (unpaired) electrons. The quantitative estimate of drug-likeness (QED) is 0.587. The van der Waals surface area contributed by atoms with Crippen molar-refractivity contribution in [3.05, 3.63) is 95.0 Å². The zero-order valence-electron chi connectivity index (χ0n) is 12.6. The van der Waals surface area contributed by atoms with Crippen LogP contribution in [0.5, 0.6) is 0 Å². The topological polar surface area (TPSA) is 67.2 Å². The zero-order valence-corrected chi connectivity index (χ0v) is 13.3. The number of hydrogen-bond donors (Lipinski definition) is 1. The van der Waals surface area contributed by atoms with E-state index in [1.807, 2.05) is 48.5 Å². The van der Waals surface area contributed by atoms with E-state index in [0.717, 1.165) is 5.56 Å². The van der Waals surface area contributed by atoms with Gasteiger partial charge in [-0.1, -0.05) is 48.0 Å². The SMILES string of the molecule is O=C(N/N=C(/c1ccccc1)c1ccccn1)c1cc(Cl)ccn1. The van der Waals surface area contributed by atoms with Crippen LogP contribution in [-0.2, 0) is 0 Å². The highest BCUT2D eigenvalue weighted by atomic mass is 35.5. The smallest absolute Gasteiger partial charge is 0.266 e. The van der Waals surface area contributed by atoms with Crippen molar-refractivity contribution >= 4 is 23.2 Å². The monoisotopic (exact) mass is 336 g/mol. The van der Waals surface area contributed by atoms with E-state index < -0.39 is 5.91 Å². The Kier molecular flexibility index (Phi) is 4.93. The second-order valence-corrected chi connectivity index (χ2v) is 5.28. The molecule has 2 aromatic heterocycles. The Morgan fingerprint density at radius 1 is 0.917 bits per heavy atom. The number of rotatable bonds is 4. The minimum atomic E-state index is -0.443. The van der Waals surface area contributed by atoms with Gasteiger partial charge in [0.2, 0.25) is 0 Å². The maximum atomic E-state index is 12.2. The molecule has 0 saturated heterocycles. The van der Waals surface area contributed by atoms with Gasteiger partial charge in [-0.2, -0.15) is 5.10 Å². The largest absolute Gasteiger partial charge is 0.290 e. The average Bonchev–Trinajstić information content (AvgIpc) is 2.63. The van der Waals surface area contributed by atoms with Crippen molar-refractivity contribution in [2.75, 3.05) is 0 Å². The summed E-state index contributed by atoms with van der Waals surface area (Å²) in [6.45, 7) is 0.